The number of hydrogen-bond donors (Lipinski definition) is 2. The molecule has 0 aliphatic heterocycles. The zero-order valence-electron chi connectivity index (χ0n) is 8.73. The fourth-order valence-corrected chi connectivity index (χ4v) is 3.07. The molecule has 0 bridgehead atoms. The molecule has 0 atom stereocenters. The Morgan fingerprint density at radius 3 is 2.47 bits per heavy atom. The molecule has 0 saturated carbocycles. The lowest BCUT2D eigenvalue weighted by Gasteiger charge is -2.19. The molecule has 0 spiro atoms. The number of benzene rings is 1. The molecule has 0 saturated heterocycles. The second-order valence-corrected chi connectivity index (χ2v) is 6.70. The fourth-order valence-electron chi connectivity index (χ4n) is 1.22. The number of rotatable bonds is 4. The van der Waals surface area contributed by atoms with Crippen LogP contribution in [0.3, 0.4) is 0 Å². The van der Waals surface area contributed by atoms with Gasteiger partial charge in [-0.3, -0.25) is 4.57 Å². The van der Waals surface area contributed by atoms with E-state index in [0.717, 1.165) is 11.6 Å². The van der Waals surface area contributed by atoms with Gasteiger partial charge in [-0.1, -0.05) is 28.1 Å². The van der Waals surface area contributed by atoms with Crippen molar-refractivity contribution in [2.24, 2.45) is 0 Å². The van der Waals surface area contributed by atoms with Crippen molar-refractivity contribution < 1.29 is 23.1 Å². The van der Waals surface area contributed by atoms with Gasteiger partial charge in [-0.05, 0) is 17.9 Å². The summed E-state index contributed by atoms with van der Waals surface area (Å²) in [6, 6.07) is 3.91. The Kier molecular flexibility index (Phi) is 4.77. The van der Waals surface area contributed by atoms with Gasteiger partial charge in [-0.25, -0.2) is 0 Å². The van der Waals surface area contributed by atoms with Crippen molar-refractivity contribution >= 4 is 35.3 Å². The van der Waals surface area contributed by atoms with Gasteiger partial charge in [0.2, 0.25) is 0 Å². The van der Waals surface area contributed by atoms with E-state index < -0.39 is 18.8 Å². The molecule has 0 aliphatic carbocycles. The monoisotopic (exact) mass is 346 g/mol. The summed E-state index contributed by atoms with van der Waals surface area (Å²) in [4.78, 5) is 17.3. The van der Waals surface area contributed by atoms with E-state index in [4.69, 9.17) is 9.79 Å². The molecular weight excluding hydrogens is 337 g/mol. The smallest absolute Gasteiger partial charge is 0.320 e. The largest absolute Gasteiger partial charge is 0.399 e. The summed E-state index contributed by atoms with van der Waals surface area (Å²) in [5.74, 6) is 0.639. The van der Waals surface area contributed by atoms with Crippen LogP contribution in [0.5, 0.6) is 0 Å². The normalized spacial score (nSPS) is 12.8. The van der Waals surface area contributed by atoms with Crippen molar-refractivity contribution in [3.05, 3.63) is 33.8 Å². The average Bonchev–Trinajstić information content (AvgIpc) is 2.16. The number of halogens is 3. The molecule has 17 heavy (non-hydrogen) atoms. The van der Waals surface area contributed by atoms with Gasteiger partial charge in [-0.15, -0.1) is 0 Å². The van der Waals surface area contributed by atoms with Crippen LogP contribution in [0.15, 0.2) is 22.7 Å². The zero-order chi connectivity index (χ0) is 13.3. The van der Waals surface area contributed by atoms with Gasteiger partial charge >= 0.3 is 13.3 Å². The first-order valence-corrected chi connectivity index (χ1v) is 8.21. The third-order valence-corrected chi connectivity index (χ3v) is 4.29. The molecule has 2 N–H and O–H groups in total. The van der Waals surface area contributed by atoms with E-state index in [0.29, 0.717) is 5.75 Å². The summed E-state index contributed by atoms with van der Waals surface area (Å²) < 4.78 is 37.6. The molecule has 8 heteroatoms. The average molecular weight is 347 g/mol. The summed E-state index contributed by atoms with van der Waals surface area (Å²) in [6.45, 7) is 0. The van der Waals surface area contributed by atoms with Crippen molar-refractivity contribution in [1.29, 1.82) is 0 Å². The molecule has 0 unspecified atom stereocenters. The highest BCUT2D eigenvalue weighted by molar-refractivity contribution is 9.10. The molecule has 0 fully saturated rings. The maximum absolute atomic E-state index is 13.4. The molecule has 0 aliphatic rings. The predicted octanol–water partition coefficient (Wildman–Crippen LogP) is 3.54. The quantitative estimate of drug-likeness (QED) is 0.818. The van der Waals surface area contributed by atoms with Gasteiger partial charge in [0.25, 0.3) is 0 Å². The zero-order valence-corrected chi connectivity index (χ0v) is 12.0. The minimum Gasteiger partial charge on any atom is -0.320 e. The third kappa shape index (κ3) is 3.29. The van der Waals surface area contributed by atoms with Crippen LogP contribution >= 0.6 is 35.3 Å². The lowest BCUT2D eigenvalue weighted by molar-refractivity contribution is 0.0557. The fraction of sp³-hybridized carbons (Fsp3) is 0.333. The van der Waals surface area contributed by atoms with Crippen LogP contribution in [-0.2, 0) is 16.0 Å². The van der Waals surface area contributed by atoms with E-state index in [9.17, 15) is 13.3 Å². The SMILES string of the molecule is CSCc1ccc(C(F)(F)P(=O)(O)O)c(Br)c1. The predicted molar refractivity (Wildman–Crippen MR) is 67.3 cm³/mol. The molecule has 3 nitrogen and oxygen atoms in total. The molecule has 1 aromatic rings. The van der Waals surface area contributed by atoms with Crippen LogP contribution in [0.2, 0.25) is 0 Å². The van der Waals surface area contributed by atoms with Crippen molar-refractivity contribution in [3.8, 4) is 0 Å². The second-order valence-electron chi connectivity index (χ2n) is 3.33. The van der Waals surface area contributed by atoms with Gasteiger partial charge in [-0.2, -0.15) is 20.5 Å². The van der Waals surface area contributed by atoms with Crippen molar-refractivity contribution in [3.63, 3.8) is 0 Å². The Balaban J connectivity index is 3.21. The van der Waals surface area contributed by atoms with E-state index in [1.807, 2.05) is 6.26 Å². The van der Waals surface area contributed by atoms with Gasteiger partial charge in [0.1, 0.15) is 0 Å². The van der Waals surface area contributed by atoms with Crippen LogP contribution in [0, 0.1) is 0 Å². The minimum absolute atomic E-state index is 0.00243. The van der Waals surface area contributed by atoms with Crippen LogP contribution in [0.4, 0.5) is 8.78 Å². The number of alkyl halides is 2. The lowest BCUT2D eigenvalue weighted by Crippen LogP contribution is -2.14. The number of hydrogen-bond acceptors (Lipinski definition) is 2. The summed E-state index contributed by atoms with van der Waals surface area (Å²) >= 11 is 4.43. The highest BCUT2D eigenvalue weighted by atomic mass is 79.9. The van der Waals surface area contributed by atoms with Crippen LogP contribution < -0.4 is 0 Å². The first kappa shape index (κ1) is 15.1. The maximum Gasteiger partial charge on any atom is 0.399 e. The standard InChI is InChI=1S/C9H10BrF2O3PS/c1-17-5-6-2-3-7(8(10)4-6)9(11,12)16(13,14)15/h2-4H,5H2,1H3,(H2,13,14,15). The summed E-state index contributed by atoms with van der Waals surface area (Å²) in [7, 11) is -5.52. The molecule has 0 aromatic heterocycles. The maximum atomic E-state index is 13.4. The van der Waals surface area contributed by atoms with Gasteiger partial charge in [0.15, 0.2) is 0 Å². The topological polar surface area (TPSA) is 57.5 Å². The Hall–Kier alpha value is 0.0600. The van der Waals surface area contributed by atoms with Crippen LogP contribution in [-0.4, -0.2) is 16.0 Å². The summed E-state index contributed by atoms with van der Waals surface area (Å²) in [6.07, 6.45) is 1.87. The molecule has 0 radical (unpaired) electrons. The first-order chi connectivity index (χ1) is 7.70. The summed E-state index contributed by atoms with van der Waals surface area (Å²) in [5.41, 5.74) is -4.07. The Labute approximate surface area is 110 Å². The van der Waals surface area contributed by atoms with E-state index in [2.05, 4.69) is 15.9 Å². The van der Waals surface area contributed by atoms with E-state index in [1.54, 1.807) is 0 Å². The highest BCUT2D eigenvalue weighted by Gasteiger charge is 2.51. The van der Waals surface area contributed by atoms with Crippen molar-refractivity contribution in [2.75, 3.05) is 6.26 Å². The van der Waals surface area contributed by atoms with Crippen LogP contribution in [0.25, 0.3) is 0 Å². The Bertz CT molecular complexity index is 464. The Morgan fingerprint density at radius 2 is 2.06 bits per heavy atom. The molecule has 0 amide bonds. The van der Waals surface area contributed by atoms with Gasteiger partial charge < -0.3 is 9.79 Å². The molecule has 96 valence electrons. The first-order valence-electron chi connectivity index (χ1n) is 4.41. The van der Waals surface area contributed by atoms with Crippen molar-refractivity contribution in [1.82, 2.24) is 0 Å². The minimum atomic E-state index is -5.52. The lowest BCUT2D eigenvalue weighted by atomic mass is 10.1. The highest BCUT2D eigenvalue weighted by Crippen LogP contribution is 2.60. The van der Waals surface area contributed by atoms with E-state index >= 15 is 0 Å². The second kappa shape index (κ2) is 5.36. The molecule has 1 rings (SSSR count). The molecular formula is C9H10BrF2O3PS. The summed E-state index contributed by atoms with van der Waals surface area (Å²) in [5, 5.41) is 0. The third-order valence-electron chi connectivity index (χ3n) is 2.03. The van der Waals surface area contributed by atoms with E-state index in [-0.39, 0.29) is 4.47 Å². The van der Waals surface area contributed by atoms with E-state index in [1.165, 1.54) is 23.9 Å². The van der Waals surface area contributed by atoms with Gasteiger partial charge in [0.05, 0.1) is 0 Å². The van der Waals surface area contributed by atoms with Crippen molar-refractivity contribution in [2.45, 2.75) is 11.4 Å². The molecule has 0 heterocycles. The van der Waals surface area contributed by atoms with Gasteiger partial charge in [0, 0.05) is 15.8 Å². The Morgan fingerprint density at radius 1 is 1.47 bits per heavy atom. The van der Waals surface area contributed by atoms with Crippen LogP contribution in [0.1, 0.15) is 11.1 Å². The molecule has 1 aromatic carbocycles. The number of thioether (sulfide) groups is 1.